The molecule has 23 heavy (non-hydrogen) atoms. The van der Waals surface area contributed by atoms with Crippen molar-refractivity contribution < 1.29 is 14.6 Å². The highest BCUT2D eigenvalue weighted by Gasteiger charge is 2.14. The molecule has 2 aromatic rings. The first kappa shape index (κ1) is 15.8. The van der Waals surface area contributed by atoms with E-state index in [1.807, 2.05) is 30.3 Å². The lowest BCUT2D eigenvalue weighted by Gasteiger charge is -2.17. The first-order valence-electron chi connectivity index (χ1n) is 8.05. The van der Waals surface area contributed by atoms with E-state index >= 15 is 0 Å². The molecule has 0 aromatic heterocycles. The van der Waals surface area contributed by atoms with E-state index in [0.29, 0.717) is 0 Å². The summed E-state index contributed by atoms with van der Waals surface area (Å²) in [5, 5.41) is 9.11. The standard InChI is InChI=1S/C19H23NO3/c1-22-18-9-6-16(13-20-10-2-3-11-20)12-19(18)23-17-7-4-15(14-21)5-8-17/h4-9,12,21H,2-3,10-11,13-14H2,1H3. The molecule has 1 fully saturated rings. The summed E-state index contributed by atoms with van der Waals surface area (Å²) in [6, 6.07) is 13.5. The van der Waals surface area contributed by atoms with Crippen molar-refractivity contribution in [1.82, 2.24) is 4.90 Å². The minimum atomic E-state index is 0.0366. The first-order valence-corrected chi connectivity index (χ1v) is 8.05. The van der Waals surface area contributed by atoms with Gasteiger partial charge in [-0.1, -0.05) is 18.2 Å². The van der Waals surface area contributed by atoms with Crippen molar-refractivity contribution in [1.29, 1.82) is 0 Å². The van der Waals surface area contributed by atoms with Crippen LogP contribution in [0.25, 0.3) is 0 Å². The molecule has 1 saturated heterocycles. The van der Waals surface area contributed by atoms with Gasteiger partial charge in [0.25, 0.3) is 0 Å². The van der Waals surface area contributed by atoms with Crippen molar-refractivity contribution in [3.63, 3.8) is 0 Å². The number of methoxy groups -OCH3 is 1. The molecule has 122 valence electrons. The Morgan fingerprint density at radius 1 is 0.957 bits per heavy atom. The highest BCUT2D eigenvalue weighted by Crippen LogP contribution is 2.33. The van der Waals surface area contributed by atoms with E-state index in [1.54, 1.807) is 7.11 Å². The third-order valence-electron chi connectivity index (χ3n) is 4.17. The Labute approximate surface area is 137 Å². The van der Waals surface area contributed by atoms with Gasteiger partial charge in [-0.3, -0.25) is 4.90 Å². The molecule has 0 atom stereocenters. The quantitative estimate of drug-likeness (QED) is 0.885. The molecule has 4 nitrogen and oxygen atoms in total. The fraction of sp³-hybridized carbons (Fsp3) is 0.368. The molecule has 4 heteroatoms. The molecule has 0 unspecified atom stereocenters. The third-order valence-corrected chi connectivity index (χ3v) is 4.17. The van der Waals surface area contributed by atoms with Gasteiger partial charge in [0.15, 0.2) is 11.5 Å². The van der Waals surface area contributed by atoms with E-state index in [1.165, 1.54) is 31.5 Å². The summed E-state index contributed by atoms with van der Waals surface area (Å²) >= 11 is 0. The van der Waals surface area contributed by atoms with Crippen LogP contribution in [0.3, 0.4) is 0 Å². The summed E-state index contributed by atoms with van der Waals surface area (Å²) in [7, 11) is 1.65. The second-order valence-electron chi connectivity index (χ2n) is 5.87. The van der Waals surface area contributed by atoms with Gasteiger partial charge in [-0.05, 0) is 61.3 Å². The molecule has 0 saturated carbocycles. The average Bonchev–Trinajstić information content (AvgIpc) is 3.09. The molecule has 1 aliphatic rings. The Morgan fingerprint density at radius 3 is 2.30 bits per heavy atom. The van der Waals surface area contributed by atoms with Crippen LogP contribution in [0.1, 0.15) is 24.0 Å². The van der Waals surface area contributed by atoms with Gasteiger partial charge in [-0.25, -0.2) is 0 Å². The number of rotatable bonds is 6. The zero-order valence-electron chi connectivity index (χ0n) is 13.5. The molecule has 0 bridgehead atoms. The van der Waals surface area contributed by atoms with E-state index in [-0.39, 0.29) is 6.61 Å². The van der Waals surface area contributed by atoms with Gasteiger partial charge in [0, 0.05) is 6.54 Å². The Balaban J connectivity index is 1.77. The average molecular weight is 313 g/mol. The molecule has 0 amide bonds. The number of hydrogen-bond acceptors (Lipinski definition) is 4. The Morgan fingerprint density at radius 2 is 1.65 bits per heavy atom. The highest BCUT2D eigenvalue weighted by molar-refractivity contribution is 5.45. The van der Waals surface area contributed by atoms with Crippen molar-refractivity contribution in [2.45, 2.75) is 26.0 Å². The van der Waals surface area contributed by atoms with Crippen molar-refractivity contribution >= 4 is 0 Å². The van der Waals surface area contributed by atoms with Gasteiger partial charge in [0.1, 0.15) is 5.75 Å². The zero-order chi connectivity index (χ0) is 16.1. The SMILES string of the molecule is COc1ccc(CN2CCCC2)cc1Oc1ccc(CO)cc1. The van der Waals surface area contributed by atoms with E-state index < -0.39 is 0 Å². The predicted octanol–water partition coefficient (Wildman–Crippen LogP) is 3.58. The minimum Gasteiger partial charge on any atom is -0.493 e. The lowest BCUT2D eigenvalue weighted by Crippen LogP contribution is -2.18. The summed E-state index contributed by atoms with van der Waals surface area (Å²) in [6.07, 6.45) is 2.58. The van der Waals surface area contributed by atoms with Crippen molar-refractivity contribution in [2.75, 3.05) is 20.2 Å². The summed E-state index contributed by atoms with van der Waals surface area (Å²) in [6.45, 7) is 3.33. The summed E-state index contributed by atoms with van der Waals surface area (Å²) in [5.41, 5.74) is 2.10. The second-order valence-corrected chi connectivity index (χ2v) is 5.87. The van der Waals surface area contributed by atoms with Crippen LogP contribution >= 0.6 is 0 Å². The number of hydrogen-bond donors (Lipinski definition) is 1. The van der Waals surface area contributed by atoms with Gasteiger partial charge < -0.3 is 14.6 Å². The molecule has 3 rings (SSSR count). The minimum absolute atomic E-state index is 0.0366. The zero-order valence-corrected chi connectivity index (χ0v) is 13.5. The summed E-state index contributed by atoms with van der Waals surface area (Å²) in [5.74, 6) is 2.18. The molecule has 1 aliphatic heterocycles. The molecular formula is C19H23NO3. The number of nitrogens with zero attached hydrogens (tertiary/aromatic N) is 1. The largest absolute Gasteiger partial charge is 0.493 e. The topological polar surface area (TPSA) is 41.9 Å². The van der Waals surface area contributed by atoms with Gasteiger partial charge in [-0.15, -0.1) is 0 Å². The Kier molecular flexibility index (Phi) is 5.16. The van der Waals surface area contributed by atoms with Crippen molar-refractivity contribution in [3.8, 4) is 17.2 Å². The van der Waals surface area contributed by atoms with Crippen LogP contribution in [0.4, 0.5) is 0 Å². The maximum absolute atomic E-state index is 9.11. The highest BCUT2D eigenvalue weighted by atomic mass is 16.5. The monoisotopic (exact) mass is 313 g/mol. The molecule has 1 N–H and O–H groups in total. The lowest BCUT2D eigenvalue weighted by molar-refractivity contribution is 0.281. The van der Waals surface area contributed by atoms with Crippen LogP contribution in [0.2, 0.25) is 0 Å². The van der Waals surface area contributed by atoms with Crippen LogP contribution in [0, 0.1) is 0 Å². The number of aliphatic hydroxyl groups excluding tert-OH is 1. The Hall–Kier alpha value is -2.04. The van der Waals surface area contributed by atoms with Crippen molar-refractivity contribution in [2.24, 2.45) is 0 Å². The summed E-state index contributed by atoms with van der Waals surface area (Å²) in [4.78, 5) is 2.46. The molecule has 0 radical (unpaired) electrons. The lowest BCUT2D eigenvalue weighted by atomic mass is 10.2. The maximum atomic E-state index is 9.11. The fourth-order valence-electron chi connectivity index (χ4n) is 2.89. The third kappa shape index (κ3) is 4.03. The smallest absolute Gasteiger partial charge is 0.169 e. The Bertz CT molecular complexity index is 634. The maximum Gasteiger partial charge on any atom is 0.169 e. The second kappa shape index (κ2) is 7.49. The van der Waals surface area contributed by atoms with Gasteiger partial charge in [0.2, 0.25) is 0 Å². The first-order chi connectivity index (χ1) is 11.3. The molecule has 0 spiro atoms. The normalized spacial score (nSPS) is 14.9. The van der Waals surface area contributed by atoms with Gasteiger partial charge >= 0.3 is 0 Å². The summed E-state index contributed by atoms with van der Waals surface area (Å²) < 4.78 is 11.4. The van der Waals surface area contributed by atoms with E-state index in [9.17, 15) is 0 Å². The van der Waals surface area contributed by atoms with E-state index in [0.717, 1.165) is 29.4 Å². The predicted molar refractivity (Wildman–Crippen MR) is 89.9 cm³/mol. The number of likely N-dealkylation sites (tertiary alicyclic amines) is 1. The van der Waals surface area contributed by atoms with Gasteiger partial charge in [-0.2, -0.15) is 0 Å². The van der Waals surface area contributed by atoms with Crippen LogP contribution in [0.15, 0.2) is 42.5 Å². The fourth-order valence-corrected chi connectivity index (χ4v) is 2.89. The van der Waals surface area contributed by atoms with Crippen LogP contribution < -0.4 is 9.47 Å². The van der Waals surface area contributed by atoms with E-state index in [4.69, 9.17) is 14.6 Å². The number of benzene rings is 2. The number of aliphatic hydroxyl groups is 1. The van der Waals surface area contributed by atoms with Crippen molar-refractivity contribution in [3.05, 3.63) is 53.6 Å². The number of ether oxygens (including phenoxy) is 2. The molecule has 0 aliphatic carbocycles. The molecule has 2 aromatic carbocycles. The van der Waals surface area contributed by atoms with Crippen LogP contribution in [-0.4, -0.2) is 30.2 Å². The molecular weight excluding hydrogens is 290 g/mol. The van der Waals surface area contributed by atoms with Crippen LogP contribution in [-0.2, 0) is 13.2 Å². The van der Waals surface area contributed by atoms with Crippen LogP contribution in [0.5, 0.6) is 17.2 Å². The molecule has 1 heterocycles. The van der Waals surface area contributed by atoms with Gasteiger partial charge in [0.05, 0.1) is 13.7 Å². The van der Waals surface area contributed by atoms with E-state index in [2.05, 4.69) is 17.0 Å².